The van der Waals surface area contributed by atoms with Gasteiger partial charge in [-0.3, -0.25) is 4.72 Å². The van der Waals surface area contributed by atoms with Gasteiger partial charge in [-0.05, 0) is 31.2 Å². The lowest BCUT2D eigenvalue weighted by Crippen LogP contribution is -2.09. The van der Waals surface area contributed by atoms with Crippen molar-refractivity contribution < 1.29 is 12.8 Å². The van der Waals surface area contributed by atoms with Crippen LogP contribution in [0.15, 0.2) is 47.1 Å². The molecule has 0 aliphatic carbocycles. The van der Waals surface area contributed by atoms with Gasteiger partial charge < -0.3 is 4.42 Å². The number of aromatic nitrogens is 1. The van der Waals surface area contributed by atoms with Gasteiger partial charge in [-0.1, -0.05) is 12.1 Å². The molecule has 0 unspecified atom stereocenters. The van der Waals surface area contributed by atoms with Crippen molar-refractivity contribution in [3.8, 4) is 17.3 Å². The zero-order chi connectivity index (χ0) is 18.7. The van der Waals surface area contributed by atoms with E-state index in [1.807, 2.05) is 6.92 Å². The molecule has 8 heteroatoms. The molecule has 0 amide bonds. The van der Waals surface area contributed by atoms with E-state index in [2.05, 4.69) is 15.8 Å². The minimum atomic E-state index is -3.31. The molecule has 0 atom stereocenters. The van der Waals surface area contributed by atoms with Gasteiger partial charge in [-0.25, -0.2) is 13.4 Å². The number of thiazole rings is 1. The summed E-state index contributed by atoms with van der Waals surface area (Å²) < 4.78 is 30.2. The first-order valence-electron chi connectivity index (χ1n) is 7.57. The summed E-state index contributed by atoms with van der Waals surface area (Å²) in [6, 6.07) is 12.6. The van der Waals surface area contributed by atoms with Crippen molar-refractivity contribution in [2.24, 2.45) is 0 Å². The Morgan fingerprint density at radius 2 is 2.04 bits per heavy atom. The van der Waals surface area contributed by atoms with E-state index in [0.29, 0.717) is 22.0 Å². The Labute approximate surface area is 155 Å². The van der Waals surface area contributed by atoms with E-state index in [-0.39, 0.29) is 0 Å². The average Bonchev–Trinajstić information content (AvgIpc) is 3.21. The Balaban J connectivity index is 1.92. The molecule has 0 saturated carbocycles. The Kier molecular flexibility index (Phi) is 4.93. The van der Waals surface area contributed by atoms with Gasteiger partial charge in [0.15, 0.2) is 0 Å². The molecule has 0 saturated heterocycles. The maximum atomic E-state index is 11.3. The van der Waals surface area contributed by atoms with Crippen LogP contribution in [0, 0.1) is 18.3 Å². The van der Waals surface area contributed by atoms with E-state index < -0.39 is 10.0 Å². The van der Waals surface area contributed by atoms with Gasteiger partial charge in [0.25, 0.3) is 0 Å². The smallest absolute Gasteiger partial charge is 0.229 e. The Morgan fingerprint density at radius 3 is 2.62 bits per heavy atom. The van der Waals surface area contributed by atoms with Crippen LogP contribution in [-0.4, -0.2) is 19.7 Å². The summed E-state index contributed by atoms with van der Waals surface area (Å²) in [5.41, 5.74) is 2.52. The number of nitrogens with one attached hydrogen (secondary N) is 1. The van der Waals surface area contributed by atoms with Crippen molar-refractivity contribution in [1.29, 1.82) is 5.26 Å². The van der Waals surface area contributed by atoms with E-state index in [1.54, 1.807) is 48.7 Å². The van der Waals surface area contributed by atoms with E-state index in [9.17, 15) is 13.7 Å². The molecular formula is C18H15N3O3S2. The highest BCUT2D eigenvalue weighted by Crippen LogP contribution is 2.32. The fraction of sp³-hybridized carbons (Fsp3) is 0.111. The molecule has 6 nitrogen and oxygen atoms in total. The van der Waals surface area contributed by atoms with Crippen LogP contribution in [0.5, 0.6) is 0 Å². The van der Waals surface area contributed by atoms with Gasteiger partial charge in [0.1, 0.15) is 16.8 Å². The van der Waals surface area contributed by atoms with Crippen molar-refractivity contribution in [3.05, 3.63) is 58.3 Å². The number of sulfonamides is 1. The number of nitriles is 1. The summed E-state index contributed by atoms with van der Waals surface area (Å²) in [5, 5.41) is 10.0. The van der Waals surface area contributed by atoms with Crippen molar-refractivity contribution in [1.82, 2.24) is 4.98 Å². The topological polar surface area (TPSA) is 96.0 Å². The van der Waals surface area contributed by atoms with Crippen LogP contribution in [0.3, 0.4) is 0 Å². The first kappa shape index (κ1) is 17.9. The summed E-state index contributed by atoms with van der Waals surface area (Å²) in [5.74, 6) is 0.590. The van der Waals surface area contributed by atoms with Crippen LogP contribution in [0.4, 0.5) is 5.69 Å². The lowest BCUT2D eigenvalue weighted by atomic mass is 10.1. The predicted molar refractivity (Wildman–Crippen MR) is 103 cm³/mol. The molecule has 0 aliphatic heterocycles. The molecule has 26 heavy (non-hydrogen) atoms. The zero-order valence-corrected chi connectivity index (χ0v) is 15.7. The number of hydrogen-bond donors (Lipinski definition) is 1. The minimum Gasteiger partial charge on any atom is -0.465 e. The molecule has 3 rings (SSSR count). The van der Waals surface area contributed by atoms with Gasteiger partial charge in [0, 0.05) is 22.2 Å². The third kappa shape index (κ3) is 4.20. The van der Waals surface area contributed by atoms with Gasteiger partial charge in [0.05, 0.1) is 23.8 Å². The number of furan rings is 1. The van der Waals surface area contributed by atoms with E-state index in [4.69, 9.17) is 4.42 Å². The Hall–Kier alpha value is -2.89. The van der Waals surface area contributed by atoms with Crippen LogP contribution >= 0.6 is 11.3 Å². The summed E-state index contributed by atoms with van der Waals surface area (Å²) in [4.78, 5) is 5.55. The van der Waals surface area contributed by atoms with Gasteiger partial charge >= 0.3 is 0 Å². The van der Waals surface area contributed by atoms with E-state index in [1.165, 1.54) is 11.3 Å². The number of benzene rings is 1. The van der Waals surface area contributed by atoms with Crippen molar-refractivity contribution in [3.63, 3.8) is 0 Å². The highest BCUT2D eigenvalue weighted by atomic mass is 32.2. The second-order valence-electron chi connectivity index (χ2n) is 5.56. The number of nitrogens with zero attached hydrogens (tertiary/aromatic N) is 2. The van der Waals surface area contributed by atoms with Crippen molar-refractivity contribution >= 4 is 38.7 Å². The third-order valence-corrected chi connectivity index (χ3v) is 5.05. The molecular weight excluding hydrogens is 370 g/mol. The van der Waals surface area contributed by atoms with Crippen LogP contribution in [0.25, 0.3) is 22.9 Å². The maximum absolute atomic E-state index is 11.3. The van der Waals surface area contributed by atoms with Gasteiger partial charge in [-0.2, -0.15) is 5.26 Å². The van der Waals surface area contributed by atoms with Crippen LogP contribution < -0.4 is 4.72 Å². The van der Waals surface area contributed by atoms with Gasteiger partial charge in [-0.15, -0.1) is 11.3 Å². The first-order valence-corrected chi connectivity index (χ1v) is 10.3. The SMILES string of the molecule is Cc1sc(/C(C#N)=C/c2ccco2)nc1-c1ccc(NS(C)(=O)=O)cc1. The molecule has 2 heterocycles. The lowest BCUT2D eigenvalue weighted by Gasteiger charge is -2.04. The maximum Gasteiger partial charge on any atom is 0.229 e. The standard InChI is InChI=1S/C18H15N3O3S2/c1-12-17(13-5-7-15(8-6-13)21-26(2,22)23)20-18(25-12)14(11-19)10-16-4-3-9-24-16/h3-10,21H,1-2H3/b14-10+. The number of rotatable bonds is 5. The van der Waals surface area contributed by atoms with Crippen molar-refractivity contribution in [2.75, 3.05) is 11.0 Å². The molecule has 1 aromatic carbocycles. The predicted octanol–water partition coefficient (Wildman–Crippen LogP) is 4.15. The van der Waals surface area contributed by atoms with E-state index in [0.717, 1.165) is 22.4 Å². The highest BCUT2D eigenvalue weighted by Gasteiger charge is 2.14. The molecule has 1 N–H and O–H groups in total. The molecule has 2 aromatic heterocycles. The zero-order valence-electron chi connectivity index (χ0n) is 14.1. The molecule has 3 aromatic rings. The monoisotopic (exact) mass is 385 g/mol. The molecule has 0 spiro atoms. The van der Waals surface area contributed by atoms with Crippen LogP contribution in [0.2, 0.25) is 0 Å². The second kappa shape index (κ2) is 7.15. The summed E-state index contributed by atoms with van der Waals surface area (Å²) in [7, 11) is -3.31. The molecule has 132 valence electrons. The number of hydrogen-bond acceptors (Lipinski definition) is 6. The molecule has 0 aliphatic rings. The van der Waals surface area contributed by atoms with Crippen LogP contribution in [-0.2, 0) is 10.0 Å². The van der Waals surface area contributed by atoms with Crippen molar-refractivity contribution in [2.45, 2.75) is 6.92 Å². The number of aryl methyl sites for hydroxylation is 1. The largest absolute Gasteiger partial charge is 0.465 e. The second-order valence-corrected chi connectivity index (χ2v) is 8.51. The molecule has 0 fully saturated rings. The molecule has 0 bridgehead atoms. The highest BCUT2D eigenvalue weighted by molar-refractivity contribution is 7.92. The van der Waals surface area contributed by atoms with Gasteiger partial charge in [0.2, 0.25) is 10.0 Å². The van der Waals surface area contributed by atoms with Crippen LogP contribution in [0.1, 0.15) is 15.6 Å². The lowest BCUT2D eigenvalue weighted by molar-refractivity contribution is 0.557. The van der Waals surface area contributed by atoms with E-state index >= 15 is 0 Å². The Bertz CT molecular complexity index is 1090. The third-order valence-electron chi connectivity index (χ3n) is 3.44. The summed E-state index contributed by atoms with van der Waals surface area (Å²) in [6.45, 7) is 1.93. The minimum absolute atomic E-state index is 0.426. The summed E-state index contributed by atoms with van der Waals surface area (Å²) >= 11 is 1.42. The normalized spacial score (nSPS) is 12.0. The Morgan fingerprint density at radius 1 is 1.31 bits per heavy atom. The average molecular weight is 385 g/mol. The summed E-state index contributed by atoms with van der Waals surface area (Å²) in [6.07, 6.45) is 4.30. The number of allylic oxidation sites excluding steroid dienone is 1. The quantitative estimate of drug-likeness (QED) is 0.666. The first-order chi connectivity index (χ1) is 12.4. The molecule has 0 radical (unpaired) electrons. The fourth-order valence-electron chi connectivity index (χ4n) is 2.35. The number of anilines is 1. The fourth-order valence-corrected chi connectivity index (χ4v) is 3.81.